The maximum absolute atomic E-state index is 11.5. The predicted molar refractivity (Wildman–Crippen MR) is 61.7 cm³/mol. The molecule has 1 atom stereocenters. The third-order valence-electron chi connectivity index (χ3n) is 2.06. The molecule has 0 saturated heterocycles. The van der Waals surface area contributed by atoms with Gasteiger partial charge >= 0.3 is 6.03 Å². The van der Waals surface area contributed by atoms with Gasteiger partial charge in [-0.05, 0) is 6.92 Å². The zero-order valence-electron chi connectivity index (χ0n) is 10.2. The Bertz CT molecular complexity index is 282. The topological polar surface area (TPSA) is 109 Å². The van der Waals surface area contributed by atoms with E-state index in [0.717, 1.165) is 5.01 Å². The molecule has 0 heterocycles. The molecule has 0 spiro atoms. The molecule has 0 aliphatic rings. The Hall–Kier alpha value is -1.64. The Kier molecular flexibility index (Phi) is 7.68. The number of carbonyl (C=O) groups excluding carboxylic acids is 2. The Labute approximate surface area is 100 Å². The van der Waals surface area contributed by atoms with Crippen LogP contribution < -0.4 is 22.2 Å². The Morgan fingerprint density at radius 2 is 2.24 bits per heavy atom. The SMILES string of the molecule is C/C=C(/NC(=O)N(C)NN)C(C)CONC=O. The van der Waals surface area contributed by atoms with Gasteiger partial charge in [0.1, 0.15) is 0 Å². The number of hydrogen-bond donors (Lipinski definition) is 4. The first-order valence-corrected chi connectivity index (χ1v) is 5.04. The van der Waals surface area contributed by atoms with Gasteiger partial charge in [0.15, 0.2) is 0 Å². The second-order valence-electron chi connectivity index (χ2n) is 3.31. The number of nitrogens with one attached hydrogen (secondary N) is 3. The number of allylic oxidation sites excluding steroid dienone is 1. The number of nitrogens with two attached hydrogens (primary N) is 1. The summed E-state index contributed by atoms with van der Waals surface area (Å²) in [5.41, 5.74) is 4.94. The van der Waals surface area contributed by atoms with Gasteiger partial charge in [-0.15, -0.1) is 0 Å². The van der Waals surface area contributed by atoms with Crippen LogP contribution in [0.15, 0.2) is 11.8 Å². The van der Waals surface area contributed by atoms with E-state index in [-0.39, 0.29) is 12.5 Å². The van der Waals surface area contributed by atoms with E-state index < -0.39 is 6.03 Å². The molecule has 0 aromatic rings. The molecule has 1 unspecified atom stereocenters. The number of hydrogen-bond acceptors (Lipinski definition) is 5. The summed E-state index contributed by atoms with van der Waals surface area (Å²) in [6.45, 7) is 3.88. The van der Waals surface area contributed by atoms with Gasteiger partial charge in [-0.2, -0.15) is 5.53 Å². The second kappa shape index (κ2) is 8.50. The number of rotatable bonds is 7. The van der Waals surface area contributed by atoms with Gasteiger partial charge in [0.2, 0.25) is 6.41 Å². The fourth-order valence-electron chi connectivity index (χ4n) is 1.04. The molecule has 0 fully saturated rings. The van der Waals surface area contributed by atoms with Crippen molar-refractivity contribution in [1.29, 1.82) is 0 Å². The Balaban J connectivity index is 4.23. The molecule has 0 rings (SSSR count). The van der Waals surface area contributed by atoms with Crippen LogP contribution in [0.1, 0.15) is 13.8 Å². The van der Waals surface area contributed by atoms with Crippen LogP contribution >= 0.6 is 0 Å². The number of hydroxylamine groups is 1. The standard InChI is InChI=1S/C9H19N5O3/c1-4-8(7(2)5-17-11-6-15)12-9(16)14(3)13-10/h4,6-7,13H,5,10H2,1-3H3,(H,11,15)(H,12,16)/b8-4+. The van der Waals surface area contributed by atoms with Crippen molar-refractivity contribution in [2.24, 2.45) is 11.8 Å². The molecule has 8 nitrogen and oxygen atoms in total. The van der Waals surface area contributed by atoms with E-state index in [4.69, 9.17) is 10.7 Å². The molecule has 0 aromatic heterocycles. The first kappa shape index (κ1) is 15.4. The van der Waals surface area contributed by atoms with Gasteiger partial charge in [-0.3, -0.25) is 15.5 Å². The summed E-state index contributed by atoms with van der Waals surface area (Å²) >= 11 is 0. The zero-order valence-corrected chi connectivity index (χ0v) is 10.2. The van der Waals surface area contributed by atoms with Gasteiger partial charge in [0.25, 0.3) is 0 Å². The summed E-state index contributed by atoms with van der Waals surface area (Å²) in [5, 5.41) is 3.75. The summed E-state index contributed by atoms with van der Waals surface area (Å²) in [6, 6.07) is -0.393. The first-order valence-electron chi connectivity index (χ1n) is 5.04. The second-order valence-corrected chi connectivity index (χ2v) is 3.31. The number of urea groups is 1. The number of nitrogens with zero attached hydrogens (tertiary/aromatic N) is 1. The summed E-state index contributed by atoms with van der Waals surface area (Å²) in [5.74, 6) is 5.01. The molecular weight excluding hydrogens is 226 g/mol. The van der Waals surface area contributed by atoms with Crippen molar-refractivity contribution in [3.05, 3.63) is 11.8 Å². The molecule has 17 heavy (non-hydrogen) atoms. The number of hydrazine groups is 2. The van der Waals surface area contributed by atoms with Gasteiger partial charge in [0.05, 0.1) is 6.61 Å². The maximum Gasteiger partial charge on any atom is 0.336 e. The van der Waals surface area contributed by atoms with Crippen LogP contribution in [-0.2, 0) is 9.63 Å². The Morgan fingerprint density at radius 3 is 2.71 bits per heavy atom. The molecule has 98 valence electrons. The minimum Gasteiger partial charge on any atom is -0.310 e. The lowest BCUT2D eigenvalue weighted by Gasteiger charge is -2.20. The van der Waals surface area contributed by atoms with Crippen molar-refractivity contribution in [2.75, 3.05) is 13.7 Å². The van der Waals surface area contributed by atoms with E-state index in [9.17, 15) is 9.59 Å². The van der Waals surface area contributed by atoms with E-state index in [1.54, 1.807) is 13.0 Å². The smallest absolute Gasteiger partial charge is 0.310 e. The van der Waals surface area contributed by atoms with Gasteiger partial charge < -0.3 is 5.32 Å². The number of carbonyl (C=O) groups is 2. The van der Waals surface area contributed by atoms with Crippen molar-refractivity contribution >= 4 is 12.4 Å². The lowest BCUT2D eigenvalue weighted by atomic mass is 10.1. The van der Waals surface area contributed by atoms with E-state index in [0.29, 0.717) is 12.1 Å². The highest BCUT2D eigenvalue weighted by molar-refractivity contribution is 5.75. The molecule has 3 amide bonds. The van der Waals surface area contributed by atoms with Crippen LogP contribution in [0.5, 0.6) is 0 Å². The van der Waals surface area contributed by atoms with Crippen molar-refractivity contribution in [3.8, 4) is 0 Å². The van der Waals surface area contributed by atoms with E-state index in [2.05, 4.69) is 16.3 Å². The quantitative estimate of drug-likeness (QED) is 0.204. The van der Waals surface area contributed by atoms with E-state index >= 15 is 0 Å². The van der Waals surface area contributed by atoms with Crippen molar-refractivity contribution in [1.82, 2.24) is 21.3 Å². The van der Waals surface area contributed by atoms with Crippen molar-refractivity contribution in [3.63, 3.8) is 0 Å². The minimum atomic E-state index is -0.393. The van der Waals surface area contributed by atoms with Crippen LogP contribution in [0.2, 0.25) is 0 Å². The van der Waals surface area contributed by atoms with Crippen molar-refractivity contribution < 1.29 is 14.4 Å². The molecule has 0 aromatic carbocycles. The predicted octanol–water partition coefficient (Wildman–Crippen LogP) is -0.776. The van der Waals surface area contributed by atoms with Gasteiger partial charge in [0, 0.05) is 18.7 Å². The third-order valence-corrected chi connectivity index (χ3v) is 2.06. The molecule has 0 radical (unpaired) electrons. The fourth-order valence-corrected chi connectivity index (χ4v) is 1.04. The average Bonchev–Trinajstić information content (AvgIpc) is 2.34. The van der Waals surface area contributed by atoms with Crippen LogP contribution in [0, 0.1) is 5.92 Å². The molecular formula is C9H19N5O3. The summed E-state index contributed by atoms with van der Waals surface area (Å²) in [4.78, 5) is 26.3. The lowest BCUT2D eigenvalue weighted by molar-refractivity contribution is -0.121. The summed E-state index contributed by atoms with van der Waals surface area (Å²) < 4.78 is 0. The molecule has 0 saturated carbocycles. The largest absolute Gasteiger partial charge is 0.336 e. The highest BCUT2D eigenvalue weighted by atomic mass is 16.6. The minimum absolute atomic E-state index is 0.0809. The third kappa shape index (κ3) is 5.85. The van der Waals surface area contributed by atoms with Crippen LogP contribution in [0.3, 0.4) is 0 Å². The first-order chi connectivity index (χ1) is 8.06. The molecule has 0 bridgehead atoms. The van der Waals surface area contributed by atoms with Gasteiger partial charge in [-0.1, -0.05) is 13.0 Å². The van der Waals surface area contributed by atoms with Crippen LogP contribution in [0.25, 0.3) is 0 Å². The maximum atomic E-state index is 11.5. The van der Waals surface area contributed by atoms with Crippen LogP contribution in [-0.4, -0.2) is 31.1 Å². The summed E-state index contributed by atoms with van der Waals surface area (Å²) in [7, 11) is 1.48. The molecule has 5 N–H and O–H groups in total. The van der Waals surface area contributed by atoms with Gasteiger partial charge in [-0.25, -0.2) is 15.3 Å². The lowest BCUT2D eigenvalue weighted by Crippen LogP contribution is -2.49. The normalized spacial score (nSPS) is 12.8. The Morgan fingerprint density at radius 1 is 1.59 bits per heavy atom. The summed E-state index contributed by atoms with van der Waals surface area (Å²) in [6.07, 6.45) is 2.18. The molecule has 0 aliphatic heterocycles. The van der Waals surface area contributed by atoms with Crippen molar-refractivity contribution in [2.45, 2.75) is 13.8 Å². The van der Waals surface area contributed by atoms with Crippen LogP contribution in [0.4, 0.5) is 4.79 Å². The highest BCUT2D eigenvalue weighted by Gasteiger charge is 2.14. The number of amides is 3. The highest BCUT2D eigenvalue weighted by Crippen LogP contribution is 2.07. The molecule has 0 aliphatic carbocycles. The molecule has 8 heteroatoms. The van der Waals surface area contributed by atoms with E-state index in [1.165, 1.54) is 7.05 Å². The fraction of sp³-hybridized carbons (Fsp3) is 0.556. The zero-order chi connectivity index (χ0) is 13.3. The van der Waals surface area contributed by atoms with E-state index in [1.807, 2.05) is 6.92 Å². The monoisotopic (exact) mass is 245 g/mol. The average molecular weight is 245 g/mol.